The van der Waals surface area contributed by atoms with Gasteiger partial charge in [-0.1, -0.05) is 0 Å². The standard InChI is InChI=1S/C13H17BrN4/c1-15-8-11-12(14)17-13(16-11)9-4-6-10(7-5-9)18(2)3/h4-7,15H,8H2,1-3H3,(H,16,17). The minimum Gasteiger partial charge on any atom is -0.378 e. The third-order valence-electron chi connectivity index (χ3n) is 2.74. The van der Waals surface area contributed by atoms with E-state index < -0.39 is 0 Å². The van der Waals surface area contributed by atoms with Crippen LogP contribution in [-0.4, -0.2) is 31.1 Å². The highest BCUT2D eigenvalue weighted by Gasteiger charge is 2.08. The summed E-state index contributed by atoms with van der Waals surface area (Å²) in [6, 6.07) is 8.32. The van der Waals surface area contributed by atoms with Crippen molar-refractivity contribution in [3.8, 4) is 11.4 Å². The first kappa shape index (κ1) is 13.1. The Morgan fingerprint density at radius 2 is 1.94 bits per heavy atom. The number of halogens is 1. The van der Waals surface area contributed by atoms with Gasteiger partial charge >= 0.3 is 0 Å². The van der Waals surface area contributed by atoms with Crippen LogP contribution in [0.5, 0.6) is 0 Å². The normalized spacial score (nSPS) is 10.7. The first-order valence-electron chi connectivity index (χ1n) is 5.78. The average Bonchev–Trinajstić information content (AvgIpc) is 2.72. The molecule has 0 bridgehead atoms. The number of hydrogen-bond acceptors (Lipinski definition) is 3. The highest BCUT2D eigenvalue weighted by Crippen LogP contribution is 2.23. The lowest BCUT2D eigenvalue weighted by atomic mass is 10.2. The molecule has 1 aromatic heterocycles. The fraction of sp³-hybridized carbons (Fsp3) is 0.308. The summed E-state index contributed by atoms with van der Waals surface area (Å²) in [6.07, 6.45) is 0. The second-order valence-corrected chi connectivity index (χ2v) is 5.08. The number of H-pyrrole nitrogens is 1. The zero-order valence-corrected chi connectivity index (χ0v) is 12.4. The van der Waals surface area contributed by atoms with Gasteiger partial charge in [0.15, 0.2) is 0 Å². The maximum atomic E-state index is 4.48. The van der Waals surface area contributed by atoms with Crippen LogP contribution in [0.1, 0.15) is 5.69 Å². The Labute approximate surface area is 116 Å². The maximum absolute atomic E-state index is 4.48. The van der Waals surface area contributed by atoms with Gasteiger partial charge in [0, 0.05) is 31.9 Å². The number of aromatic nitrogens is 2. The molecular formula is C13H17BrN4. The Bertz CT molecular complexity index is 516. The van der Waals surface area contributed by atoms with Crippen LogP contribution in [0.15, 0.2) is 28.9 Å². The molecule has 0 saturated heterocycles. The summed E-state index contributed by atoms with van der Waals surface area (Å²) in [5, 5.41) is 3.11. The lowest BCUT2D eigenvalue weighted by Gasteiger charge is -2.12. The Hall–Kier alpha value is -1.33. The van der Waals surface area contributed by atoms with Crippen molar-refractivity contribution in [3.63, 3.8) is 0 Å². The summed E-state index contributed by atoms with van der Waals surface area (Å²) in [6.45, 7) is 0.767. The summed E-state index contributed by atoms with van der Waals surface area (Å²) < 4.78 is 0.864. The summed E-state index contributed by atoms with van der Waals surface area (Å²) in [4.78, 5) is 9.87. The molecule has 2 rings (SSSR count). The minimum absolute atomic E-state index is 0.767. The summed E-state index contributed by atoms with van der Waals surface area (Å²) in [5.74, 6) is 0.887. The molecule has 96 valence electrons. The molecule has 0 aliphatic carbocycles. The molecule has 0 amide bonds. The van der Waals surface area contributed by atoms with E-state index in [0.29, 0.717) is 0 Å². The van der Waals surface area contributed by atoms with Gasteiger partial charge in [-0.05, 0) is 47.2 Å². The number of aromatic amines is 1. The van der Waals surface area contributed by atoms with Crippen molar-refractivity contribution in [1.82, 2.24) is 15.3 Å². The molecule has 1 heterocycles. The van der Waals surface area contributed by atoms with Gasteiger partial charge < -0.3 is 15.2 Å². The van der Waals surface area contributed by atoms with Crippen molar-refractivity contribution in [2.75, 3.05) is 26.0 Å². The molecule has 0 spiro atoms. The van der Waals surface area contributed by atoms with Crippen molar-refractivity contribution < 1.29 is 0 Å². The Kier molecular flexibility index (Phi) is 4.04. The second kappa shape index (κ2) is 5.54. The van der Waals surface area contributed by atoms with Crippen molar-refractivity contribution >= 4 is 21.6 Å². The lowest BCUT2D eigenvalue weighted by Crippen LogP contribution is -2.08. The van der Waals surface area contributed by atoms with Gasteiger partial charge in [-0.25, -0.2) is 4.98 Å². The Morgan fingerprint density at radius 3 is 2.50 bits per heavy atom. The second-order valence-electron chi connectivity index (χ2n) is 4.33. The van der Waals surface area contributed by atoms with Crippen LogP contribution in [0.25, 0.3) is 11.4 Å². The molecular weight excluding hydrogens is 292 g/mol. The monoisotopic (exact) mass is 308 g/mol. The molecule has 5 heteroatoms. The molecule has 0 aliphatic rings. The third-order valence-corrected chi connectivity index (χ3v) is 3.39. The van der Waals surface area contributed by atoms with Crippen molar-refractivity contribution in [1.29, 1.82) is 0 Å². The molecule has 0 aliphatic heterocycles. The number of rotatable bonds is 4. The van der Waals surface area contributed by atoms with Crippen LogP contribution in [0.2, 0.25) is 0 Å². The average molecular weight is 309 g/mol. The molecule has 18 heavy (non-hydrogen) atoms. The van der Waals surface area contributed by atoms with E-state index in [9.17, 15) is 0 Å². The lowest BCUT2D eigenvalue weighted by molar-refractivity contribution is 0.793. The van der Waals surface area contributed by atoms with Gasteiger partial charge in [-0.2, -0.15) is 0 Å². The van der Waals surface area contributed by atoms with E-state index >= 15 is 0 Å². The molecule has 0 radical (unpaired) electrons. The van der Waals surface area contributed by atoms with E-state index in [-0.39, 0.29) is 0 Å². The van der Waals surface area contributed by atoms with E-state index in [2.05, 4.69) is 60.4 Å². The van der Waals surface area contributed by atoms with Crippen LogP contribution in [0.4, 0.5) is 5.69 Å². The van der Waals surface area contributed by atoms with E-state index in [1.807, 2.05) is 21.1 Å². The molecule has 4 nitrogen and oxygen atoms in total. The predicted octanol–water partition coefficient (Wildman–Crippen LogP) is 2.62. The SMILES string of the molecule is CNCc1[nH]c(-c2ccc(N(C)C)cc2)nc1Br. The van der Waals surface area contributed by atoms with E-state index in [1.165, 1.54) is 5.69 Å². The molecule has 0 saturated carbocycles. The Balaban J connectivity index is 2.28. The van der Waals surface area contributed by atoms with Gasteiger partial charge in [0.25, 0.3) is 0 Å². The number of hydrogen-bond donors (Lipinski definition) is 2. The minimum atomic E-state index is 0.767. The molecule has 2 aromatic rings. The maximum Gasteiger partial charge on any atom is 0.138 e. The first-order chi connectivity index (χ1) is 8.61. The highest BCUT2D eigenvalue weighted by atomic mass is 79.9. The summed E-state index contributed by atoms with van der Waals surface area (Å²) >= 11 is 3.46. The topological polar surface area (TPSA) is 44.0 Å². The van der Waals surface area contributed by atoms with Crippen LogP contribution in [0.3, 0.4) is 0 Å². The quantitative estimate of drug-likeness (QED) is 0.912. The summed E-state index contributed by atoms with van der Waals surface area (Å²) in [7, 11) is 5.98. The highest BCUT2D eigenvalue weighted by molar-refractivity contribution is 9.10. The molecule has 0 atom stereocenters. The number of anilines is 1. The summed E-state index contributed by atoms with van der Waals surface area (Å²) in [5.41, 5.74) is 3.33. The van der Waals surface area contributed by atoms with Crippen LogP contribution >= 0.6 is 15.9 Å². The van der Waals surface area contributed by atoms with Crippen molar-refractivity contribution in [2.24, 2.45) is 0 Å². The number of imidazole rings is 1. The van der Waals surface area contributed by atoms with E-state index in [1.54, 1.807) is 0 Å². The Morgan fingerprint density at radius 1 is 1.28 bits per heavy atom. The van der Waals surface area contributed by atoms with Crippen molar-refractivity contribution in [2.45, 2.75) is 6.54 Å². The first-order valence-corrected chi connectivity index (χ1v) is 6.58. The fourth-order valence-corrected chi connectivity index (χ4v) is 2.15. The van der Waals surface area contributed by atoms with E-state index in [0.717, 1.165) is 28.2 Å². The van der Waals surface area contributed by atoms with Gasteiger partial charge in [0.05, 0.1) is 5.69 Å². The van der Waals surface area contributed by atoms with Gasteiger partial charge in [0.1, 0.15) is 10.4 Å². The molecule has 2 N–H and O–H groups in total. The third kappa shape index (κ3) is 2.73. The predicted molar refractivity (Wildman–Crippen MR) is 78.8 cm³/mol. The number of nitrogens with zero attached hydrogens (tertiary/aromatic N) is 2. The van der Waals surface area contributed by atoms with Crippen LogP contribution < -0.4 is 10.2 Å². The zero-order valence-electron chi connectivity index (χ0n) is 10.8. The fourth-order valence-electron chi connectivity index (χ4n) is 1.74. The largest absolute Gasteiger partial charge is 0.378 e. The van der Waals surface area contributed by atoms with Crippen molar-refractivity contribution in [3.05, 3.63) is 34.6 Å². The zero-order chi connectivity index (χ0) is 13.1. The molecule has 0 unspecified atom stereocenters. The number of nitrogens with one attached hydrogen (secondary N) is 2. The van der Waals surface area contributed by atoms with E-state index in [4.69, 9.17) is 0 Å². The van der Waals surface area contributed by atoms with Crippen LogP contribution in [-0.2, 0) is 6.54 Å². The smallest absolute Gasteiger partial charge is 0.138 e. The van der Waals surface area contributed by atoms with Gasteiger partial charge in [0.2, 0.25) is 0 Å². The van der Waals surface area contributed by atoms with Gasteiger partial charge in [-0.3, -0.25) is 0 Å². The van der Waals surface area contributed by atoms with Gasteiger partial charge in [-0.15, -0.1) is 0 Å². The number of benzene rings is 1. The molecule has 1 aromatic carbocycles. The molecule has 0 fully saturated rings. The van der Waals surface area contributed by atoms with Crippen LogP contribution in [0, 0.1) is 0 Å².